The molecule has 3 rings (SSSR count). The van der Waals surface area contributed by atoms with E-state index in [2.05, 4.69) is 10.4 Å². The van der Waals surface area contributed by atoms with Crippen LogP contribution in [0.4, 0.5) is 4.39 Å². The predicted molar refractivity (Wildman–Crippen MR) is 102 cm³/mol. The van der Waals surface area contributed by atoms with Crippen molar-refractivity contribution < 1.29 is 9.18 Å². The largest absolute Gasteiger partial charge is 0.350 e. The second kappa shape index (κ2) is 8.14. The summed E-state index contributed by atoms with van der Waals surface area (Å²) < 4.78 is 15.3. The number of amides is 1. The van der Waals surface area contributed by atoms with Gasteiger partial charge in [-0.3, -0.25) is 9.59 Å². The Kier molecular flexibility index (Phi) is 5.66. The minimum Gasteiger partial charge on any atom is -0.350 e. The van der Waals surface area contributed by atoms with Crippen molar-refractivity contribution in [3.63, 3.8) is 0 Å². The monoisotopic (exact) mass is 385 g/mol. The van der Waals surface area contributed by atoms with Crippen LogP contribution in [0.5, 0.6) is 0 Å². The lowest BCUT2D eigenvalue weighted by Gasteiger charge is -2.12. The van der Waals surface area contributed by atoms with Gasteiger partial charge in [0.2, 0.25) is 5.43 Å². The molecule has 138 valence electrons. The van der Waals surface area contributed by atoms with Crippen molar-refractivity contribution in [2.24, 2.45) is 0 Å². The molecule has 3 aromatic rings. The average Bonchev–Trinajstić information content (AvgIpc) is 2.64. The number of para-hydroxylation sites is 1. The molecule has 2 aromatic carbocycles. The molecule has 0 spiro atoms. The topological polar surface area (TPSA) is 64.0 Å². The summed E-state index contributed by atoms with van der Waals surface area (Å²) in [5, 5.41) is 7.39. The first-order valence-corrected chi connectivity index (χ1v) is 8.72. The van der Waals surface area contributed by atoms with E-state index in [-0.39, 0.29) is 11.4 Å². The fourth-order valence-electron chi connectivity index (χ4n) is 2.63. The molecule has 1 amide bonds. The van der Waals surface area contributed by atoms with Crippen molar-refractivity contribution in [2.45, 2.75) is 13.3 Å². The molecule has 0 radical (unpaired) electrons. The number of nitrogens with one attached hydrogen (secondary N) is 1. The third kappa shape index (κ3) is 4.41. The Hall–Kier alpha value is -2.99. The normalized spacial score (nSPS) is 10.6. The number of aryl methyl sites for hydroxylation is 1. The summed E-state index contributed by atoms with van der Waals surface area (Å²) in [5.74, 6) is -1.09. The molecular formula is C20H17ClFN3O2. The number of hydrogen-bond acceptors (Lipinski definition) is 3. The Bertz CT molecular complexity index is 1030. The lowest BCUT2D eigenvalue weighted by Crippen LogP contribution is -2.33. The highest BCUT2D eigenvalue weighted by molar-refractivity contribution is 6.30. The maximum absolute atomic E-state index is 14.1. The second-order valence-corrected chi connectivity index (χ2v) is 6.43. The fraction of sp³-hybridized carbons (Fsp3) is 0.150. The van der Waals surface area contributed by atoms with E-state index < -0.39 is 17.2 Å². The molecule has 1 heterocycles. The Morgan fingerprint density at radius 3 is 2.59 bits per heavy atom. The molecule has 0 saturated heterocycles. The van der Waals surface area contributed by atoms with Gasteiger partial charge in [0.15, 0.2) is 5.69 Å². The number of carbonyl (C=O) groups excluding carboxylic acids is 1. The molecule has 7 heteroatoms. The highest BCUT2D eigenvalue weighted by atomic mass is 35.5. The SMILES string of the molecule is Cc1cc(=O)c(C(=O)NCCc2ccc(Cl)cc2)nn1-c1ccccc1F. The summed E-state index contributed by atoms with van der Waals surface area (Å²) in [7, 11) is 0. The van der Waals surface area contributed by atoms with Crippen LogP contribution in [0.2, 0.25) is 5.02 Å². The van der Waals surface area contributed by atoms with E-state index in [1.54, 1.807) is 31.2 Å². The van der Waals surface area contributed by atoms with Gasteiger partial charge in [0.05, 0.1) is 0 Å². The maximum atomic E-state index is 14.1. The zero-order valence-electron chi connectivity index (χ0n) is 14.6. The quantitative estimate of drug-likeness (QED) is 0.732. The van der Waals surface area contributed by atoms with E-state index >= 15 is 0 Å². The Labute approximate surface area is 160 Å². The molecule has 0 aliphatic carbocycles. The summed E-state index contributed by atoms with van der Waals surface area (Å²) in [4.78, 5) is 24.6. The van der Waals surface area contributed by atoms with Gasteiger partial charge in [-0.2, -0.15) is 5.10 Å². The zero-order chi connectivity index (χ0) is 19.4. The summed E-state index contributed by atoms with van der Waals surface area (Å²) in [6, 6.07) is 14.6. The van der Waals surface area contributed by atoms with Crippen LogP contribution in [-0.4, -0.2) is 22.2 Å². The number of rotatable bonds is 5. The summed E-state index contributed by atoms with van der Waals surface area (Å²) in [6.07, 6.45) is 0.580. The highest BCUT2D eigenvalue weighted by Gasteiger charge is 2.16. The van der Waals surface area contributed by atoms with Crippen molar-refractivity contribution >= 4 is 17.5 Å². The van der Waals surface area contributed by atoms with Gasteiger partial charge >= 0.3 is 0 Å². The minimum absolute atomic E-state index is 0.171. The van der Waals surface area contributed by atoms with Gasteiger partial charge in [0.25, 0.3) is 5.91 Å². The van der Waals surface area contributed by atoms with Crippen molar-refractivity contribution in [1.29, 1.82) is 0 Å². The number of nitrogens with zero attached hydrogens (tertiary/aromatic N) is 2. The van der Waals surface area contributed by atoms with Crippen LogP contribution >= 0.6 is 11.6 Å². The van der Waals surface area contributed by atoms with Gasteiger partial charge < -0.3 is 5.32 Å². The standard InChI is InChI=1S/C20H17ClFN3O2/c1-13-12-18(26)19(24-25(13)17-5-3-2-4-16(17)22)20(27)23-11-10-14-6-8-15(21)9-7-14/h2-9,12H,10-11H2,1H3,(H,23,27). The number of hydrogen-bond donors (Lipinski definition) is 1. The van der Waals surface area contributed by atoms with Crippen molar-refractivity contribution in [3.8, 4) is 5.69 Å². The molecule has 0 fully saturated rings. The molecular weight excluding hydrogens is 369 g/mol. The molecule has 0 unspecified atom stereocenters. The molecule has 0 aliphatic heterocycles. The predicted octanol–water partition coefficient (Wildman–Crippen LogP) is 3.31. The lowest BCUT2D eigenvalue weighted by molar-refractivity contribution is 0.0946. The molecule has 1 N–H and O–H groups in total. The smallest absolute Gasteiger partial charge is 0.275 e. The molecule has 0 saturated carbocycles. The number of aromatic nitrogens is 2. The highest BCUT2D eigenvalue weighted by Crippen LogP contribution is 2.13. The summed E-state index contributed by atoms with van der Waals surface area (Å²) >= 11 is 5.84. The number of benzene rings is 2. The van der Waals surface area contributed by atoms with Gasteiger partial charge in [0, 0.05) is 23.3 Å². The second-order valence-electron chi connectivity index (χ2n) is 5.99. The summed E-state index contributed by atoms with van der Waals surface area (Å²) in [6.45, 7) is 1.96. The van der Waals surface area contributed by atoms with Gasteiger partial charge in [-0.25, -0.2) is 9.07 Å². The Morgan fingerprint density at radius 2 is 1.89 bits per heavy atom. The van der Waals surface area contributed by atoms with E-state index in [1.165, 1.54) is 22.9 Å². The first-order valence-electron chi connectivity index (χ1n) is 8.34. The number of halogens is 2. The average molecular weight is 386 g/mol. The van der Waals surface area contributed by atoms with Gasteiger partial charge in [0.1, 0.15) is 11.5 Å². The van der Waals surface area contributed by atoms with Crippen LogP contribution in [-0.2, 0) is 6.42 Å². The summed E-state index contributed by atoms with van der Waals surface area (Å²) in [5.41, 5.74) is 0.817. The van der Waals surface area contributed by atoms with Crippen LogP contribution in [0.3, 0.4) is 0 Å². The molecule has 27 heavy (non-hydrogen) atoms. The van der Waals surface area contributed by atoms with Crippen LogP contribution in [0.1, 0.15) is 21.7 Å². The van der Waals surface area contributed by atoms with E-state index in [9.17, 15) is 14.0 Å². The maximum Gasteiger partial charge on any atom is 0.275 e. The van der Waals surface area contributed by atoms with Crippen molar-refractivity contribution in [1.82, 2.24) is 15.1 Å². The van der Waals surface area contributed by atoms with Gasteiger partial charge in [-0.15, -0.1) is 0 Å². The Morgan fingerprint density at radius 1 is 1.19 bits per heavy atom. The van der Waals surface area contributed by atoms with E-state index in [4.69, 9.17) is 11.6 Å². The van der Waals surface area contributed by atoms with Crippen molar-refractivity contribution in [3.05, 3.63) is 92.6 Å². The molecule has 5 nitrogen and oxygen atoms in total. The van der Waals surface area contributed by atoms with E-state index in [0.29, 0.717) is 23.7 Å². The zero-order valence-corrected chi connectivity index (χ0v) is 15.3. The fourth-order valence-corrected chi connectivity index (χ4v) is 2.75. The van der Waals surface area contributed by atoms with Gasteiger partial charge in [-0.1, -0.05) is 35.9 Å². The minimum atomic E-state index is -0.598. The van der Waals surface area contributed by atoms with Crippen LogP contribution < -0.4 is 10.7 Å². The Balaban J connectivity index is 1.78. The van der Waals surface area contributed by atoms with Gasteiger partial charge in [-0.05, 0) is 43.2 Å². The lowest BCUT2D eigenvalue weighted by atomic mass is 10.1. The van der Waals surface area contributed by atoms with E-state index in [0.717, 1.165) is 5.56 Å². The molecule has 0 bridgehead atoms. The first kappa shape index (κ1) is 18.8. The molecule has 0 atom stereocenters. The third-order valence-electron chi connectivity index (χ3n) is 4.02. The number of carbonyl (C=O) groups is 1. The van der Waals surface area contributed by atoms with Crippen LogP contribution in [0.25, 0.3) is 5.69 Å². The first-order chi connectivity index (χ1) is 13.0. The molecule has 1 aromatic heterocycles. The molecule has 0 aliphatic rings. The third-order valence-corrected chi connectivity index (χ3v) is 4.27. The van der Waals surface area contributed by atoms with Crippen molar-refractivity contribution in [2.75, 3.05) is 6.54 Å². The van der Waals surface area contributed by atoms with Crippen LogP contribution in [0, 0.1) is 12.7 Å². The van der Waals surface area contributed by atoms with E-state index in [1.807, 2.05) is 12.1 Å². The van der Waals surface area contributed by atoms with Crippen LogP contribution in [0.15, 0.2) is 59.4 Å².